The van der Waals surface area contributed by atoms with Crippen molar-refractivity contribution < 1.29 is 9.18 Å². The van der Waals surface area contributed by atoms with E-state index in [9.17, 15) is 9.18 Å². The third-order valence-corrected chi connectivity index (χ3v) is 3.39. The van der Waals surface area contributed by atoms with Gasteiger partial charge in [0.05, 0.1) is 0 Å². The molecule has 0 fully saturated rings. The second kappa shape index (κ2) is 4.17. The molecule has 1 aliphatic heterocycles. The summed E-state index contributed by atoms with van der Waals surface area (Å²) >= 11 is 3.39. The van der Waals surface area contributed by atoms with Gasteiger partial charge < -0.3 is 0 Å². The number of anilines is 1. The number of fused-ring (bicyclic) bond motifs is 1. The van der Waals surface area contributed by atoms with E-state index >= 15 is 0 Å². The molecule has 0 aromatic heterocycles. The van der Waals surface area contributed by atoms with Crippen LogP contribution in [0.25, 0.3) is 0 Å². The molecule has 0 spiro atoms. The Balaban J connectivity index is 2.52. The van der Waals surface area contributed by atoms with Gasteiger partial charge in [0.1, 0.15) is 0 Å². The predicted octanol–water partition coefficient (Wildman–Crippen LogP) is 3.29. The predicted molar refractivity (Wildman–Crippen MR) is 65.1 cm³/mol. The van der Waals surface area contributed by atoms with Crippen molar-refractivity contribution in [2.24, 2.45) is 5.92 Å². The van der Waals surface area contributed by atoms with Crippen molar-refractivity contribution in [1.29, 1.82) is 0 Å². The number of rotatable bonds is 0. The first kappa shape index (κ1) is 11.6. The molecule has 1 amide bonds. The number of carbonyl (C=O) groups is 1. The number of hydrogen-bond acceptors (Lipinski definition) is 1. The number of nitrogens with zero attached hydrogens (tertiary/aromatic N) is 1. The average Bonchev–Trinajstić information content (AvgIpc) is 2.19. The summed E-state index contributed by atoms with van der Waals surface area (Å²) in [7, 11) is 0. The van der Waals surface area contributed by atoms with Gasteiger partial charge in [-0.2, -0.15) is 0 Å². The van der Waals surface area contributed by atoms with Crippen LogP contribution in [0.15, 0.2) is 22.7 Å². The molecule has 0 saturated carbocycles. The fraction of sp³-hybridized carbons (Fsp3) is 0.417. The Kier molecular flexibility index (Phi) is 3.02. The molecule has 0 aliphatic carbocycles. The lowest BCUT2D eigenvalue weighted by atomic mass is 9.93. The first-order valence-electron chi connectivity index (χ1n) is 5.23. The summed E-state index contributed by atoms with van der Waals surface area (Å²) in [5.74, 6) is -0.409. The van der Waals surface area contributed by atoms with Gasteiger partial charge in [-0.25, -0.2) is 4.39 Å². The molecule has 0 radical (unpaired) electrons. The van der Waals surface area contributed by atoms with Crippen molar-refractivity contribution in [3.8, 4) is 0 Å². The van der Waals surface area contributed by atoms with Crippen LogP contribution < -0.4 is 4.90 Å². The third kappa shape index (κ3) is 1.86. The average molecular weight is 286 g/mol. The molecule has 4 heteroatoms. The lowest BCUT2D eigenvalue weighted by Crippen LogP contribution is -2.44. The standard InChI is InChI=1S/C12H13BrFNO/c1-7-5-9-6-10(13)3-4-11(9)15(8(2)16)12(7)14/h3-4,6-7,12H,5H2,1-2H3/t7?,12-/m1/s1. The minimum atomic E-state index is -1.22. The van der Waals surface area contributed by atoms with E-state index in [1.807, 2.05) is 19.1 Å². The maximum Gasteiger partial charge on any atom is 0.226 e. The Morgan fingerprint density at radius 3 is 2.88 bits per heavy atom. The summed E-state index contributed by atoms with van der Waals surface area (Å²) in [6.45, 7) is 3.22. The van der Waals surface area contributed by atoms with Crippen LogP contribution in [0.3, 0.4) is 0 Å². The lowest BCUT2D eigenvalue weighted by molar-refractivity contribution is -0.118. The molecular formula is C12H13BrFNO. The molecule has 2 atom stereocenters. The van der Waals surface area contributed by atoms with Crippen LogP contribution in [0.5, 0.6) is 0 Å². The summed E-state index contributed by atoms with van der Waals surface area (Å²) in [4.78, 5) is 12.7. The van der Waals surface area contributed by atoms with E-state index < -0.39 is 6.30 Å². The van der Waals surface area contributed by atoms with Gasteiger partial charge in [0.25, 0.3) is 0 Å². The molecule has 2 nitrogen and oxygen atoms in total. The highest BCUT2D eigenvalue weighted by molar-refractivity contribution is 9.10. The van der Waals surface area contributed by atoms with Gasteiger partial charge >= 0.3 is 0 Å². The van der Waals surface area contributed by atoms with Crippen molar-refractivity contribution >= 4 is 27.5 Å². The van der Waals surface area contributed by atoms with Gasteiger partial charge in [0.2, 0.25) is 5.91 Å². The fourth-order valence-corrected chi connectivity index (χ4v) is 2.54. The summed E-state index contributed by atoms with van der Waals surface area (Å²) in [5, 5.41) is 0. The summed E-state index contributed by atoms with van der Waals surface area (Å²) < 4.78 is 14.9. The van der Waals surface area contributed by atoms with Crippen molar-refractivity contribution in [1.82, 2.24) is 0 Å². The first-order chi connectivity index (χ1) is 7.50. The van der Waals surface area contributed by atoms with Crippen LogP contribution in [-0.4, -0.2) is 12.2 Å². The van der Waals surface area contributed by atoms with Crippen molar-refractivity contribution in [3.63, 3.8) is 0 Å². The van der Waals surface area contributed by atoms with Gasteiger partial charge in [-0.05, 0) is 30.2 Å². The Morgan fingerprint density at radius 2 is 2.25 bits per heavy atom. The van der Waals surface area contributed by atoms with Crippen LogP contribution >= 0.6 is 15.9 Å². The molecule has 1 aliphatic rings. The molecule has 1 aromatic carbocycles. The first-order valence-corrected chi connectivity index (χ1v) is 6.02. The van der Waals surface area contributed by atoms with E-state index in [2.05, 4.69) is 15.9 Å². The molecule has 1 unspecified atom stereocenters. The Labute approximate surface area is 103 Å². The monoisotopic (exact) mass is 285 g/mol. The number of alkyl halides is 1. The number of benzene rings is 1. The maximum absolute atomic E-state index is 14.0. The molecule has 16 heavy (non-hydrogen) atoms. The van der Waals surface area contributed by atoms with Gasteiger partial charge in [-0.15, -0.1) is 0 Å². The Bertz CT molecular complexity index is 435. The number of carbonyl (C=O) groups excluding carboxylic acids is 1. The van der Waals surface area contributed by atoms with Gasteiger partial charge in [0, 0.05) is 23.0 Å². The number of amides is 1. The van der Waals surface area contributed by atoms with Gasteiger partial charge in [-0.1, -0.05) is 22.9 Å². The second-order valence-corrected chi connectivity index (χ2v) is 5.13. The highest BCUT2D eigenvalue weighted by Gasteiger charge is 2.34. The van der Waals surface area contributed by atoms with E-state index in [1.165, 1.54) is 11.8 Å². The number of halogens is 2. The van der Waals surface area contributed by atoms with Gasteiger partial charge in [0.15, 0.2) is 6.30 Å². The molecular weight excluding hydrogens is 273 g/mol. The molecule has 0 bridgehead atoms. The number of hydrogen-bond donors (Lipinski definition) is 0. The van der Waals surface area contributed by atoms with Crippen LogP contribution in [0.2, 0.25) is 0 Å². The smallest absolute Gasteiger partial charge is 0.226 e. The maximum atomic E-state index is 14.0. The van der Waals surface area contributed by atoms with Crippen LogP contribution in [0, 0.1) is 5.92 Å². The van der Waals surface area contributed by atoms with E-state index in [0.717, 1.165) is 10.0 Å². The summed E-state index contributed by atoms with van der Waals surface area (Å²) in [5.41, 5.74) is 1.72. The van der Waals surface area contributed by atoms with Crippen LogP contribution in [-0.2, 0) is 11.2 Å². The lowest BCUT2D eigenvalue weighted by Gasteiger charge is -2.36. The quantitative estimate of drug-likeness (QED) is 0.670. The zero-order valence-corrected chi connectivity index (χ0v) is 10.8. The summed E-state index contributed by atoms with van der Waals surface area (Å²) in [6.07, 6.45) is -0.550. The zero-order valence-electron chi connectivity index (χ0n) is 9.21. The van der Waals surface area contributed by atoms with Crippen molar-refractivity contribution in [2.75, 3.05) is 4.90 Å². The normalized spacial score (nSPS) is 24.1. The molecule has 2 rings (SSSR count). The molecule has 86 valence electrons. The van der Waals surface area contributed by atoms with Crippen molar-refractivity contribution in [2.45, 2.75) is 26.6 Å². The van der Waals surface area contributed by atoms with Gasteiger partial charge in [-0.3, -0.25) is 9.69 Å². The van der Waals surface area contributed by atoms with Crippen LogP contribution in [0.1, 0.15) is 19.4 Å². The fourth-order valence-electron chi connectivity index (χ4n) is 2.13. The van der Waals surface area contributed by atoms with Crippen molar-refractivity contribution in [3.05, 3.63) is 28.2 Å². The second-order valence-electron chi connectivity index (χ2n) is 4.22. The Morgan fingerprint density at radius 1 is 1.56 bits per heavy atom. The Hall–Kier alpha value is -0.900. The SMILES string of the molecule is CC(=O)N1c2ccc(Br)cc2CC(C)[C@@H]1F. The summed E-state index contributed by atoms with van der Waals surface area (Å²) in [6, 6.07) is 5.57. The van der Waals surface area contributed by atoms with E-state index in [-0.39, 0.29) is 11.8 Å². The van der Waals surface area contributed by atoms with Crippen LogP contribution in [0.4, 0.5) is 10.1 Å². The highest BCUT2D eigenvalue weighted by atomic mass is 79.9. The van der Waals surface area contributed by atoms with E-state index in [0.29, 0.717) is 12.1 Å². The topological polar surface area (TPSA) is 20.3 Å². The van der Waals surface area contributed by atoms with E-state index in [4.69, 9.17) is 0 Å². The molecule has 1 aromatic rings. The largest absolute Gasteiger partial charge is 0.281 e. The minimum absolute atomic E-state index is 0.161. The minimum Gasteiger partial charge on any atom is -0.281 e. The molecule has 1 heterocycles. The third-order valence-electron chi connectivity index (χ3n) is 2.90. The zero-order chi connectivity index (χ0) is 11.9. The highest BCUT2D eigenvalue weighted by Crippen LogP contribution is 2.35. The van der Waals surface area contributed by atoms with E-state index in [1.54, 1.807) is 6.07 Å². The molecule has 0 saturated heterocycles. The molecule has 0 N–H and O–H groups in total.